The van der Waals surface area contributed by atoms with Gasteiger partial charge in [-0.25, -0.2) is 8.78 Å². The van der Waals surface area contributed by atoms with Crippen LogP contribution in [0.4, 0.5) is 14.5 Å². The molecule has 0 aliphatic heterocycles. The molecule has 0 heterocycles. The van der Waals surface area contributed by atoms with Crippen LogP contribution in [0.25, 0.3) is 6.08 Å². The third-order valence-electron chi connectivity index (χ3n) is 4.17. The zero-order valence-corrected chi connectivity index (χ0v) is 13.8. The second-order valence-electron chi connectivity index (χ2n) is 6.08. The van der Waals surface area contributed by atoms with Crippen LogP contribution in [0.2, 0.25) is 0 Å². The molecule has 5 nitrogen and oxygen atoms in total. The van der Waals surface area contributed by atoms with E-state index in [-0.39, 0.29) is 29.7 Å². The van der Waals surface area contributed by atoms with Crippen molar-refractivity contribution in [1.29, 1.82) is 0 Å². The average molecular weight is 358 g/mol. The summed E-state index contributed by atoms with van der Waals surface area (Å²) in [5.41, 5.74) is 0.444. The molecule has 0 unspecified atom stereocenters. The number of hydrogen-bond donors (Lipinski definition) is 0. The molecule has 3 rings (SSSR count). The zero-order chi connectivity index (χ0) is 18.7. The number of carbonyl (C=O) groups is 1. The maximum Gasteiger partial charge on any atom is 0.276 e. The molecule has 2 aromatic rings. The van der Waals surface area contributed by atoms with Crippen molar-refractivity contribution in [2.45, 2.75) is 25.4 Å². The summed E-state index contributed by atoms with van der Waals surface area (Å²) in [4.78, 5) is 24.5. The second-order valence-corrected chi connectivity index (χ2v) is 6.08. The van der Waals surface area contributed by atoms with Gasteiger partial charge in [-0.3, -0.25) is 14.9 Å². The molecule has 0 saturated heterocycles. The lowest BCUT2D eigenvalue weighted by Crippen LogP contribution is -2.31. The van der Waals surface area contributed by atoms with E-state index in [2.05, 4.69) is 0 Å². The van der Waals surface area contributed by atoms with Crippen molar-refractivity contribution >= 4 is 17.7 Å². The van der Waals surface area contributed by atoms with Gasteiger partial charge in [-0.2, -0.15) is 0 Å². The minimum atomic E-state index is -0.703. The fourth-order valence-electron chi connectivity index (χ4n) is 2.66. The molecule has 1 amide bonds. The lowest BCUT2D eigenvalue weighted by molar-refractivity contribution is -0.385. The van der Waals surface area contributed by atoms with Crippen LogP contribution < -0.4 is 0 Å². The third-order valence-corrected chi connectivity index (χ3v) is 4.17. The molecule has 0 radical (unpaired) electrons. The third kappa shape index (κ3) is 4.11. The molecule has 1 saturated carbocycles. The first kappa shape index (κ1) is 17.7. The standard InChI is InChI=1S/C19H16F2N2O3/c20-15-7-5-14(17(21)11-15)12-22(16-8-9-16)19(24)10-6-13-3-1-2-4-18(13)23(25)26/h1-7,10-11,16H,8-9,12H2/b10-6+. The Morgan fingerprint density at radius 2 is 1.96 bits per heavy atom. The van der Waals surface area contributed by atoms with Crippen molar-refractivity contribution in [3.05, 3.63) is 81.4 Å². The highest BCUT2D eigenvalue weighted by Gasteiger charge is 2.32. The fourth-order valence-corrected chi connectivity index (χ4v) is 2.66. The Labute approximate surface area is 148 Å². The number of nitro benzene ring substituents is 1. The maximum atomic E-state index is 13.9. The molecule has 26 heavy (non-hydrogen) atoms. The topological polar surface area (TPSA) is 63.4 Å². The quantitative estimate of drug-likeness (QED) is 0.444. The average Bonchev–Trinajstić information content (AvgIpc) is 3.44. The molecule has 0 bridgehead atoms. The summed E-state index contributed by atoms with van der Waals surface area (Å²) in [6, 6.07) is 9.35. The van der Waals surface area contributed by atoms with Gasteiger partial charge in [-0.15, -0.1) is 0 Å². The summed E-state index contributed by atoms with van der Waals surface area (Å²) in [5.74, 6) is -1.74. The van der Waals surface area contributed by atoms with E-state index in [1.165, 1.54) is 29.2 Å². The molecule has 1 aliphatic carbocycles. The molecular formula is C19H16F2N2O3. The van der Waals surface area contributed by atoms with Gasteiger partial charge in [0.2, 0.25) is 5.91 Å². The predicted octanol–water partition coefficient (Wildman–Crippen LogP) is 4.08. The van der Waals surface area contributed by atoms with Gasteiger partial charge in [0.05, 0.1) is 10.5 Å². The Kier molecular flexibility index (Phi) is 5.06. The molecule has 1 aliphatic rings. The molecule has 0 spiro atoms. The summed E-state index contributed by atoms with van der Waals surface area (Å²) in [6.07, 6.45) is 4.26. The predicted molar refractivity (Wildman–Crippen MR) is 92.1 cm³/mol. The number of amides is 1. The number of benzene rings is 2. The zero-order valence-electron chi connectivity index (χ0n) is 13.8. The van der Waals surface area contributed by atoms with Gasteiger partial charge in [0.15, 0.2) is 0 Å². The first-order valence-corrected chi connectivity index (χ1v) is 8.11. The molecular weight excluding hydrogens is 342 g/mol. The lowest BCUT2D eigenvalue weighted by Gasteiger charge is -2.21. The number of halogens is 2. The van der Waals surface area contributed by atoms with Crippen molar-refractivity contribution in [3.8, 4) is 0 Å². The number of carbonyl (C=O) groups excluding carboxylic acids is 1. The van der Waals surface area contributed by atoms with E-state index in [9.17, 15) is 23.7 Å². The second kappa shape index (κ2) is 7.43. The molecule has 0 atom stereocenters. The van der Waals surface area contributed by atoms with E-state index >= 15 is 0 Å². The van der Waals surface area contributed by atoms with Crippen LogP contribution in [0, 0.1) is 21.7 Å². The van der Waals surface area contributed by atoms with E-state index in [0.717, 1.165) is 25.0 Å². The van der Waals surface area contributed by atoms with E-state index in [4.69, 9.17) is 0 Å². The van der Waals surface area contributed by atoms with Crippen molar-refractivity contribution < 1.29 is 18.5 Å². The van der Waals surface area contributed by atoms with Gasteiger partial charge >= 0.3 is 0 Å². The smallest absolute Gasteiger partial charge is 0.276 e. The van der Waals surface area contributed by atoms with E-state index < -0.39 is 16.6 Å². The number of nitrogens with zero attached hydrogens (tertiary/aromatic N) is 2. The van der Waals surface area contributed by atoms with Crippen LogP contribution >= 0.6 is 0 Å². The number of para-hydroxylation sites is 1. The highest BCUT2D eigenvalue weighted by molar-refractivity contribution is 5.92. The molecule has 0 aromatic heterocycles. The Bertz CT molecular complexity index is 879. The van der Waals surface area contributed by atoms with Crippen molar-refractivity contribution in [1.82, 2.24) is 4.90 Å². The largest absolute Gasteiger partial charge is 0.332 e. The van der Waals surface area contributed by atoms with E-state index in [1.54, 1.807) is 18.2 Å². The number of nitro groups is 1. The van der Waals surface area contributed by atoms with Crippen molar-refractivity contribution in [2.75, 3.05) is 0 Å². The summed E-state index contributed by atoms with van der Waals surface area (Å²) < 4.78 is 26.9. The normalized spacial score (nSPS) is 13.8. The van der Waals surface area contributed by atoms with Gasteiger partial charge < -0.3 is 4.90 Å². The molecule has 1 fully saturated rings. The Morgan fingerprint density at radius 3 is 2.62 bits per heavy atom. The van der Waals surface area contributed by atoms with Gasteiger partial charge in [0, 0.05) is 36.4 Å². The Hall–Kier alpha value is -3.09. The summed E-state index contributed by atoms with van der Waals surface area (Å²) >= 11 is 0. The Morgan fingerprint density at radius 1 is 1.23 bits per heavy atom. The van der Waals surface area contributed by atoms with Crippen LogP contribution in [0.1, 0.15) is 24.0 Å². The van der Waals surface area contributed by atoms with Gasteiger partial charge in [-0.05, 0) is 31.1 Å². The summed E-state index contributed by atoms with van der Waals surface area (Å²) in [5, 5.41) is 11.0. The van der Waals surface area contributed by atoms with Crippen molar-refractivity contribution in [3.63, 3.8) is 0 Å². The van der Waals surface area contributed by atoms with Gasteiger partial charge in [0.1, 0.15) is 11.6 Å². The highest BCUT2D eigenvalue weighted by atomic mass is 19.1. The monoisotopic (exact) mass is 358 g/mol. The summed E-state index contributed by atoms with van der Waals surface area (Å²) in [7, 11) is 0. The number of rotatable bonds is 6. The van der Waals surface area contributed by atoms with Crippen LogP contribution in [0.3, 0.4) is 0 Å². The SMILES string of the molecule is O=C(/C=C/c1ccccc1[N+](=O)[O-])N(Cc1ccc(F)cc1F)C1CC1. The fraction of sp³-hybridized carbons (Fsp3) is 0.211. The van der Waals surface area contributed by atoms with Crippen LogP contribution in [-0.2, 0) is 11.3 Å². The van der Waals surface area contributed by atoms with Gasteiger partial charge in [-0.1, -0.05) is 18.2 Å². The van der Waals surface area contributed by atoms with Crippen molar-refractivity contribution in [2.24, 2.45) is 0 Å². The van der Waals surface area contributed by atoms with E-state index in [1.807, 2.05) is 0 Å². The molecule has 7 heteroatoms. The Balaban J connectivity index is 1.79. The maximum absolute atomic E-state index is 13.9. The van der Waals surface area contributed by atoms with Crippen LogP contribution in [0.5, 0.6) is 0 Å². The number of hydrogen-bond acceptors (Lipinski definition) is 3. The summed E-state index contributed by atoms with van der Waals surface area (Å²) in [6.45, 7) is 0.0246. The lowest BCUT2D eigenvalue weighted by atomic mass is 10.1. The molecule has 134 valence electrons. The highest BCUT2D eigenvalue weighted by Crippen LogP contribution is 2.29. The first-order valence-electron chi connectivity index (χ1n) is 8.11. The first-order chi connectivity index (χ1) is 12.5. The van der Waals surface area contributed by atoms with E-state index in [0.29, 0.717) is 5.56 Å². The van der Waals surface area contributed by atoms with Crippen LogP contribution in [0.15, 0.2) is 48.5 Å². The minimum Gasteiger partial charge on any atom is -0.332 e. The van der Waals surface area contributed by atoms with Crippen LogP contribution in [-0.4, -0.2) is 21.8 Å². The molecule has 0 N–H and O–H groups in total. The molecule has 2 aromatic carbocycles. The van der Waals surface area contributed by atoms with Gasteiger partial charge in [0.25, 0.3) is 5.69 Å². The minimum absolute atomic E-state index is 0.00219.